The Morgan fingerprint density at radius 2 is 1.82 bits per heavy atom. The maximum atomic E-state index is 4.50. The lowest BCUT2D eigenvalue weighted by molar-refractivity contribution is 0.919. The molecule has 1 aromatic carbocycles. The molecule has 0 fully saturated rings. The van der Waals surface area contributed by atoms with Gasteiger partial charge in [-0.2, -0.15) is 0 Å². The summed E-state index contributed by atoms with van der Waals surface area (Å²) in [5.41, 5.74) is 10.4. The van der Waals surface area contributed by atoms with E-state index in [0.29, 0.717) is 0 Å². The van der Waals surface area contributed by atoms with Gasteiger partial charge in [-0.3, -0.25) is 0 Å². The number of benzene rings is 1. The molecule has 0 bridgehead atoms. The minimum Gasteiger partial charge on any atom is -0.333 e. The van der Waals surface area contributed by atoms with Gasteiger partial charge in [0.1, 0.15) is 0 Å². The molecule has 2 rings (SSSR count). The molecule has 0 unspecified atom stereocenters. The molecule has 0 saturated heterocycles. The first-order valence-electron chi connectivity index (χ1n) is 6.25. The van der Waals surface area contributed by atoms with Crippen LogP contribution in [0.2, 0.25) is 0 Å². The van der Waals surface area contributed by atoms with Gasteiger partial charge in [0.05, 0.1) is 0 Å². The van der Waals surface area contributed by atoms with Crippen LogP contribution in [-0.2, 0) is 6.42 Å². The van der Waals surface area contributed by atoms with Crippen molar-refractivity contribution in [2.75, 3.05) is 7.05 Å². The third-order valence-electron chi connectivity index (χ3n) is 3.20. The molecule has 1 aliphatic carbocycles. The van der Waals surface area contributed by atoms with Gasteiger partial charge >= 0.3 is 0 Å². The fourth-order valence-electron chi connectivity index (χ4n) is 2.05. The summed E-state index contributed by atoms with van der Waals surface area (Å²) in [6.45, 7) is 4.45. The van der Waals surface area contributed by atoms with E-state index in [4.69, 9.17) is 0 Å². The number of hydrogen-bond donors (Lipinski definition) is 1. The van der Waals surface area contributed by atoms with Crippen molar-refractivity contribution in [1.29, 1.82) is 0 Å². The molecule has 0 atom stereocenters. The monoisotopic (exact) mass is 229 g/mol. The van der Waals surface area contributed by atoms with Crippen LogP contribution in [0.15, 0.2) is 47.6 Å². The van der Waals surface area contributed by atoms with Crippen LogP contribution in [0, 0.1) is 6.92 Å². The highest BCUT2D eigenvalue weighted by Crippen LogP contribution is 2.22. The maximum Gasteiger partial charge on any atom is -0.00238 e. The Morgan fingerprint density at radius 1 is 1.12 bits per heavy atom. The van der Waals surface area contributed by atoms with Crippen molar-refractivity contribution in [3.63, 3.8) is 0 Å². The molecule has 0 spiro atoms. The van der Waals surface area contributed by atoms with Crippen molar-refractivity contribution in [2.24, 2.45) is 5.73 Å². The highest BCUT2D eigenvalue weighted by molar-refractivity contribution is 5.37. The minimum atomic E-state index is 1.09. The Balaban J connectivity index is 0.000000686. The van der Waals surface area contributed by atoms with E-state index in [1.54, 1.807) is 5.57 Å². The van der Waals surface area contributed by atoms with Crippen molar-refractivity contribution in [2.45, 2.75) is 33.1 Å². The highest BCUT2D eigenvalue weighted by atomic mass is 14.4. The van der Waals surface area contributed by atoms with Crippen LogP contribution in [-0.4, -0.2) is 7.05 Å². The fourth-order valence-corrected chi connectivity index (χ4v) is 2.05. The fraction of sp³-hybridized carbons (Fsp3) is 0.375. The smallest absolute Gasteiger partial charge is 0.00238 e. The second-order valence-electron chi connectivity index (χ2n) is 4.35. The molecular weight excluding hydrogens is 206 g/mol. The molecular formula is C16H23N. The highest BCUT2D eigenvalue weighted by Gasteiger charge is 2.06. The van der Waals surface area contributed by atoms with Gasteiger partial charge in [-0.15, -0.1) is 0 Å². The van der Waals surface area contributed by atoms with Crippen LogP contribution in [0.5, 0.6) is 0 Å². The zero-order valence-electron chi connectivity index (χ0n) is 11.2. The molecule has 0 saturated carbocycles. The summed E-state index contributed by atoms with van der Waals surface area (Å²) >= 11 is 0. The second-order valence-corrected chi connectivity index (χ2v) is 4.35. The molecule has 0 aliphatic heterocycles. The molecule has 2 N–H and O–H groups in total. The first-order chi connectivity index (χ1) is 8.27. The normalized spacial score (nSPS) is 14.4. The first-order valence-corrected chi connectivity index (χ1v) is 6.25. The van der Waals surface area contributed by atoms with Crippen molar-refractivity contribution in [1.82, 2.24) is 0 Å². The lowest BCUT2D eigenvalue weighted by atomic mass is 9.92. The Morgan fingerprint density at radius 3 is 2.47 bits per heavy atom. The lowest BCUT2D eigenvalue weighted by Gasteiger charge is -2.13. The lowest BCUT2D eigenvalue weighted by Crippen LogP contribution is -1.97. The largest absolute Gasteiger partial charge is 0.333 e. The molecule has 1 aromatic rings. The third kappa shape index (κ3) is 3.86. The average molecular weight is 229 g/mol. The Kier molecular flexibility index (Phi) is 5.71. The minimum absolute atomic E-state index is 1.09. The Labute approximate surface area is 105 Å². The summed E-state index contributed by atoms with van der Waals surface area (Å²) in [5, 5.41) is 0. The standard InChI is InChI=1S/C15H18.CH5N/c1-12-7-3-5-9-14(12)11-15-10-6-4-8-13(15)2;1-2/h3,5-7,9-10H,4,8,11H2,1-2H3;2H2,1H3. The van der Waals surface area contributed by atoms with E-state index in [1.165, 1.54) is 36.6 Å². The van der Waals surface area contributed by atoms with E-state index in [9.17, 15) is 0 Å². The van der Waals surface area contributed by atoms with E-state index in [0.717, 1.165) is 6.42 Å². The summed E-state index contributed by atoms with van der Waals surface area (Å²) in [6, 6.07) is 8.66. The molecule has 92 valence electrons. The van der Waals surface area contributed by atoms with Gasteiger partial charge < -0.3 is 5.73 Å². The van der Waals surface area contributed by atoms with E-state index in [2.05, 4.69) is 56.0 Å². The summed E-state index contributed by atoms with van der Waals surface area (Å²) in [6.07, 6.45) is 8.13. The molecule has 0 amide bonds. The molecule has 1 nitrogen and oxygen atoms in total. The SMILES string of the molecule is CC1=C(Cc2ccccc2C)C=CCC1.CN. The molecule has 1 aliphatic rings. The Hall–Kier alpha value is -1.34. The van der Waals surface area contributed by atoms with Crippen LogP contribution in [0.1, 0.15) is 30.9 Å². The summed E-state index contributed by atoms with van der Waals surface area (Å²) in [4.78, 5) is 0. The quantitative estimate of drug-likeness (QED) is 0.820. The van der Waals surface area contributed by atoms with Crippen molar-refractivity contribution >= 4 is 0 Å². The van der Waals surface area contributed by atoms with Gasteiger partial charge in [-0.1, -0.05) is 42.0 Å². The maximum absolute atomic E-state index is 4.50. The number of allylic oxidation sites excluding steroid dienone is 4. The Bertz CT molecular complexity index is 413. The van der Waals surface area contributed by atoms with Gasteiger partial charge in [-0.25, -0.2) is 0 Å². The predicted molar refractivity (Wildman–Crippen MR) is 76.1 cm³/mol. The van der Waals surface area contributed by atoms with E-state index in [1.807, 2.05) is 0 Å². The van der Waals surface area contributed by atoms with Crippen molar-refractivity contribution in [3.05, 3.63) is 58.7 Å². The molecule has 1 heteroatoms. The molecule has 17 heavy (non-hydrogen) atoms. The molecule has 0 heterocycles. The van der Waals surface area contributed by atoms with E-state index >= 15 is 0 Å². The second kappa shape index (κ2) is 7.08. The first kappa shape index (κ1) is 13.7. The van der Waals surface area contributed by atoms with E-state index in [-0.39, 0.29) is 0 Å². The average Bonchev–Trinajstić information content (AvgIpc) is 2.37. The van der Waals surface area contributed by atoms with Crippen LogP contribution >= 0.6 is 0 Å². The van der Waals surface area contributed by atoms with Crippen molar-refractivity contribution in [3.8, 4) is 0 Å². The van der Waals surface area contributed by atoms with Crippen LogP contribution in [0.25, 0.3) is 0 Å². The zero-order chi connectivity index (χ0) is 12.7. The van der Waals surface area contributed by atoms with Crippen LogP contribution in [0.4, 0.5) is 0 Å². The third-order valence-corrected chi connectivity index (χ3v) is 3.20. The van der Waals surface area contributed by atoms with Gasteiger partial charge in [0.2, 0.25) is 0 Å². The summed E-state index contributed by atoms with van der Waals surface area (Å²) < 4.78 is 0. The predicted octanol–water partition coefficient (Wildman–Crippen LogP) is 3.78. The van der Waals surface area contributed by atoms with E-state index < -0.39 is 0 Å². The van der Waals surface area contributed by atoms with Crippen LogP contribution in [0.3, 0.4) is 0 Å². The summed E-state index contributed by atoms with van der Waals surface area (Å²) in [7, 11) is 1.50. The van der Waals surface area contributed by atoms with Gasteiger partial charge in [0.15, 0.2) is 0 Å². The van der Waals surface area contributed by atoms with Gasteiger partial charge in [0.25, 0.3) is 0 Å². The van der Waals surface area contributed by atoms with Crippen molar-refractivity contribution < 1.29 is 0 Å². The van der Waals surface area contributed by atoms with Gasteiger partial charge in [0, 0.05) is 0 Å². The molecule has 0 radical (unpaired) electrons. The van der Waals surface area contributed by atoms with Gasteiger partial charge in [-0.05, 0) is 56.9 Å². The number of rotatable bonds is 2. The topological polar surface area (TPSA) is 26.0 Å². The summed E-state index contributed by atoms with van der Waals surface area (Å²) in [5.74, 6) is 0. The number of hydrogen-bond acceptors (Lipinski definition) is 1. The van der Waals surface area contributed by atoms with Crippen LogP contribution < -0.4 is 5.73 Å². The zero-order valence-corrected chi connectivity index (χ0v) is 11.2. The number of aryl methyl sites for hydroxylation is 1. The number of nitrogens with two attached hydrogens (primary N) is 1. The molecule has 0 aromatic heterocycles.